The van der Waals surface area contributed by atoms with Crippen LogP contribution in [0.4, 0.5) is 18.9 Å². The van der Waals surface area contributed by atoms with Crippen LogP contribution in [-0.4, -0.2) is 19.0 Å². The van der Waals surface area contributed by atoms with Crippen molar-refractivity contribution in [2.24, 2.45) is 10.4 Å². The van der Waals surface area contributed by atoms with E-state index in [4.69, 9.17) is 21.3 Å². The Morgan fingerprint density at radius 1 is 1.11 bits per heavy atom. The van der Waals surface area contributed by atoms with Gasteiger partial charge in [-0.05, 0) is 54.7 Å². The quantitative estimate of drug-likeness (QED) is 0.689. The Morgan fingerprint density at radius 3 is 2.61 bits per heavy atom. The molecule has 2 aromatic carbocycles. The molecule has 1 fully saturated rings. The van der Waals surface area contributed by atoms with E-state index in [0.29, 0.717) is 18.8 Å². The molecule has 148 valence electrons. The number of benzene rings is 2. The van der Waals surface area contributed by atoms with Gasteiger partial charge in [0.15, 0.2) is 0 Å². The SMILES string of the molecule is FC(F)(F)c1ccc(Cl)c(CN=C2Nc3ccccc3CC23CCOCC3)c1. The van der Waals surface area contributed by atoms with Gasteiger partial charge < -0.3 is 10.1 Å². The van der Waals surface area contributed by atoms with E-state index >= 15 is 0 Å². The van der Waals surface area contributed by atoms with Crippen molar-refractivity contribution in [3.63, 3.8) is 0 Å². The molecule has 0 saturated carbocycles. The van der Waals surface area contributed by atoms with Crippen molar-refractivity contribution in [2.45, 2.75) is 32.0 Å². The van der Waals surface area contributed by atoms with Gasteiger partial charge in [-0.25, -0.2) is 0 Å². The van der Waals surface area contributed by atoms with Crippen molar-refractivity contribution in [1.29, 1.82) is 0 Å². The van der Waals surface area contributed by atoms with Crippen LogP contribution in [0.1, 0.15) is 29.5 Å². The maximum atomic E-state index is 13.0. The van der Waals surface area contributed by atoms with Crippen molar-refractivity contribution < 1.29 is 17.9 Å². The summed E-state index contributed by atoms with van der Waals surface area (Å²) in [5.41, 5.74) is 1.69. The van der Waals surface area contributed by atoms with Crippen molar-refractivity contribution in [3.8, 4) is 0 Å². The Balaban J connectivity index is 1.67. The fraction of sp³-hybridized carbons (Fsp3) is 0.381. The molecular weight excluding hydrogens is 389 g/mol. The molecule has 28 heavy (non-hydrogen) atoms. The van der Waals surface area contributed by atoms with Crippen LogP contribution in [0, 0.1) is 5.41 Å². The maximum Gasteiger partial charge on any atom is 0.416 e. The van der Waals surface area contributed by atoms with Gasteiger partial charge in [0, 0.05) is 29.3 Å². The first-order valence-corrected chi connectivity index (χ1v) is 9.58. The molecule has 1 saturated heterocycles. The summed E-state index contributed by atoms with van der Waals surface area (Å²) in [6, 6.07) is 11.4. The summed E-state index contributed by atoms with van der Waals surface area (Å²) in [7, 11) is 0. The van der Waals surface area contributed by atoms with Gasteiger partial charge >= 0.3 is 6.18 Å². The zero-order valence-electron chi connectivity index (χ0n) is 15.2. The molecule has 0 atom stereocenters. The van der Waals surface area contributed by atoms with Crippen LogP contribution in [0.3, 0.4) is 0 Å². The minimum Gasteiger partial charge on any atom is -0.381 e. The molecule has 2 aliphatic rings. The number of alkyl halides is 3. The lowest BCUT2D eigenvalue weighted by atomic mass is 9.71. The standard InChI is InChI=1S/C21H20ClF3N2O/c22-17-6-5-16(21(23,24)25)11-15(17)13-26-19-20(7-9-28-10-8-20)12-14-3-1-2-4-18(14)27-19/h1-6,11H,7-10,12-13H2,(H,26,27). The zero-order valence-corrected chi connectivity index (χ0v) is 15.9. The number of nitrogens with zero attached hydrogens (tertiary/aromatic N) is 1. The normalized spacial score (nSPS) is 20.1. The lowest BCUT2D eigenvalue weighted by Gasteiger charge is -2.42. The van der Waals surface area contributed by atoms with Crippen molar-refractivity contribution in [1.82, 2.24) is 0 Å². The first-order valence-electron chi connectivity index (χ1n) is 9.21. The van der Waals surface area contributed by atoms with Gasteiger partial charge in [0.25, 0.3) is 0 Å². The highest BCUT2D eigenvalue weighted by Crippen LogP contribution is 2.42. The zero-order chi connectivity index (χ0) is 19.8. The largest absolute Gasteiger partial charge is 0.416 e. The third-order valence-corrected chi connectivity index (χ3v) is 5.90. The Hall–Kier alpha value is -2.05. The van der Waals surface area contributed by atoms with E-state index in [1.165, 1.54) is 11.6 Å². The smallest absolute Gasteiger partial charge is 0.381 e. The minimum atomic E-state index is -4.41. The summed E-state index contributed by atoms with van der Waals surface area (Å²) < 4.78 is 44.7. The average molecular weight is 409 g/mol. The number of rotatable bonds is 2. The number of anilines is 1. The van der Waals surface area contributed by atoms with E-state index in [1.807, 2.05) is 18.2 Å². The molecule has 0 amide bonds. The summed E-state index contributed by atoms with van der Waals surface area (Å²) in [5, 5.41) is 3.71. The molecule has 3 nitrogen and oxygen atoms in total. The third kappa shape index (κ3) is 3.76. The van der Waals surface area contributed by atoms with Crippen LogP contribution in [0.25, 0.3) is 0 Å². The lowest BCUT2D eigenvalue weighted by molar-refractivity contribution is -0.137. The number of para-hydroxylation sites is 1. The van der Waals surface area contributed by atoms with E-state index in [-0.39, 0.29) is 17.0 Å². The van der Waals surface area contributed by atoms with Crippen molar-refractivity contribution in [3.05, 3.63) is 64.2 Å². The minimum absolute atomic E-state index is 0.0931. The first-order chi connectivity index (χ1) is 13.4. The van der Waals surface area contributed by atoms with Crippen molar-refractivity contribution >= 4 is 23.1 Å². The number of amidine groups is 1. The monoisotopic (exact) mass is 408 g/mol. The molecule has 2 aliphatic heterocycles. The number of halogens is 4. The molecule has 1 N–H and O–H groups in total. The molecule has 4 rings (SSSR count). The lowest BCUT2D eigenvalue weighted by Crippen LogP contribution is -2.45. The highest BCUT2D eigenvalue weighted by molar-refractivity contribution is 6.31. The van der Waals surface area contributed by atoms with Crippen LogP contribution < -0.4 is 5.32 Å². The summed E-state index contributed by atoms with van der Waals surface area (Å²) in [6.07, 6.45) is -1.92. The van der Waals surface area contributed by atoms with E-state index in [0.717, 1.165) is 42.9 Å². The van der Waals surface area contributed by atoms with Gasteiger partial charge in [-0.1, -0.05) is 29.8 Å². The number of aliphatic imine (C=N–C) groups is 1. The van der Waals surface area contributed by atoms with Crippen LogP contribution in [0.2, 0.25) is 5.02 Å². The Labute approximate surface area is 166 Å². The van der Waals surface area contributed by atoms with Crippen LogP contribution in [0.15, 0.2) is 47.5 Å². The number of hydrogen-bond donors (Lipinski definition) is 1. The predicted molar refractivity (Wildman–Crippen MR) is 104 cm³/mol. The Kier molecular flexibility index (Phi) is 5.10. The van der Waals surface area contributed by atoms with Crippen LogP contribution >= 0.6 is 11.6 Å². The molecule has 7 heteroatoms. The number of nitrogens with one attached hydrogen (secondary N) is 1. The molecule has 1 spiro atoms. The van der Waals surface area contributed by atoms with Gasteiger partial charge in [0.1, 0.15) is 5.84 Å². The second-order valence-electron chi connectivity index (χ2n) is 7.32. The number of fused-ring (bicyclic) bond motifs is 1. The molecular formula is C21H20ClF3N2O. The van der Waals surface area contributed by atoms with Gasteiger partial charge in [0.2, 0.25) is 0 Å². The number of hydrogen-bond acceptors (Lipinski definition) is 2. The van der Waals surface area contributed by atoms with Crippen molar-refractivity contribution in [2.75, 3.05) is 18.5 Å². The molecule has 0 unspecified atom stereocenters. The highest BCUT2D eigenvalue weighted by Gasteiger charge is 2.41. The summed E-state index contributed by atoms with van der Waals surface area (Å²) in [6.45, 7) is 1.39. The van der Waals surface area contributed by atoms with Gasteiger partial charge in [-0.3, -0.25) is 4.99 Å². The van der Waals surface area contributed by atoms with Gasteiger partial charge in [-0.15, -0.1) is 0 Å². The molecule has 0 aliphatic carbocycles. The van der Waals surface area contributed by atoms with Crippen LogP contribution in [0.5, 0.6) is 0 Å². The van der Waals surface area contributed by atoms with E-state index in [9.17, 15) is 13.2 Å². The summed E-state index contributed by atoms with van der Waals surface area (Å²) in [5.74, 6) is 0.808. The first kappa shape index (κ1) is 19.3. The fourth-order valence-corrected chi connectivity index (χ4v) is 4.10. The summed E-state index contributed by atoms with van der Waals surface area (Å²) in [4.78, 5) is 4.71. The van der Waals surface area contributed by atoms with E-state index < -0.39 is 11.7 Å². The number of ether oxygens (including phenoxy) is 1. The van der Waals surface area contributed by atoms with Gasteiger partial charge in [-0.2, -0.15) is 13.2 Å². The second-order valence-corrected chi connectivity index (χ2v) is 7.73. The molecule has 0 bridgehead atoms. The fourth-order valence-electron chi connectivity index (χ4n) is 3.92. The highest BCUT2D eigenvalue weighted by atomic mass is 35.5. The third-order valence-electron chi connectivity index (χ3n) is 5.53. The van der Waals surface area contributed by atoms with Gasteiger partial charge in [0.05, 0.1) is 12.1 Å². The predicted octanol–water partition coefficient (Wildman–Crippen LogP) is 5.72. The molecule has 2 aromatic rings. The average Bonchev–Trinajstić information content (AvgIpc) is 2.67. The summed E-state index contributed by atoms with van der Waals surface area (Å²) >= 11 is 6.15. The Morgan fingerprint density at radius 2 is 1.86 bits per heavy atom. The topological polar surface area (TPSA) is 33.6 Å². The second kappa shape index (κ2) is 7.41. The molecule has 0 radical (unpaired) electrons. The maximum absolute atomic E-state index is 13.0. The van der Waals surface area contributed by atoms with E-state index in [1.54, 1.807) is 0 Å². The Bertz CT molecular complexity index is 905. The van der Waals surface area contributed by atoms with Crippen LogP contribution in [-0.2, 0) is 23.9 Å². The van der Waals surface area contributed by atoms with E-state index in [2.05, 4.69) is 11.4 Å². The molecule has 0 aromatic heterocycles. The molecule has 2 heterocycles.